The molecule has 0 atom stereocenters. The fourth-order valence-corrected chi connectivity index (χ4v) is 3.49. The average Bonchev–Trinajstić information content (AvgIpc) is 2.81. The molecule has 1 heterocycles. The van der Waals surface area contributed by atoms with Crippen molar-refractivity contribution in [2.75, 3.05) is 5.32 Å². The van der Waals surface area contributed by atoms with E-state index in [1.165, 1.54) is 10.8 Å². The molecular formula is C27H28N4O2. The van der Waals surface area contributed by atoms with Crippen LogP contribution in [0.4, 0.5) is 10.7 Å². The van der Waals surface area contributed by atoms with Crippen LogP contribution in [0.1, 0.15) is 31.9 Å². The molecule has 1 aromatic heterocycles. The third kappa shape index (κ3) is 6.07. The number of rotatable bonds is 6. The molecule has 0 fully saturated rings. The summed E-state index contributed by atoms with van der Waals surface area (Å²) in [6.07, 6.45) is 1.36. The molecule has 0 aliphatic heterocycles. The summed E-state index contributed by atoms with van der Waals surface area (Å²) in [4.78, 5) is 20.9. The van der Waals surface area contributed by atoms with Crippen molar-refractivity contribution in [3.8, 4) is 11.3 Å². The number of nitrogens with zero attached hydrogens (tertiary/aromatic N) is 2. The quantitative estimate of drug-likeness (QED) is 0.388. The molecule has 2 N–H and O–H groups in total. The smallest absolute Gasteiger partial charge is 0.407 e. The predicted octanol–water partition coefficient (Wildman–Crippen LogP) is 5.93. The van der Waals surface area contributed by atoms with E-state index in [0.29, 0.717) is 19.0 Å². The number of benzene rings is 3. The van der Waals surface area contributed by atoms with Gasteiger partial charge in [0.15, 0.2) is 0 Å². The van der Waals surface area contributed by atoms with Gasteiger partial charge in [0.05, 0.1) is 5.69 Å². The lowest BCUT2D eigenvalue weighted by atomic mass is 10.0. The molecule has 0 spiro atoms. The molecule has 0 aliphatic carbocycles. The molecule has 33 heavy (non-hydrogen) atoms. The molecule has 0 bridgehead atoms. The summed E-state index contributed by atoms with van der Waals surface area (Å²) in [5, 5.41) is 8.42. The summed E-state index contributed by atoms with van der Waals surface area (Å²) < 4.78 is 5.26. The fraction of sp³-hybridized carbons (Fsp3) is 0.222. The minimum absolute atomic E-state index is 0.415. The Morgan fingerprint density at radius 3 is 2.33 bits per heavy atom. The summed E-state index contributed by atoms with van der Waals surface area (Å²) in [6.45, 7) is 6.54. The summed E-state index contributed by atoms with van der Waals surface area (Å²) in [5.41, 5.74) is 3.55. The van der Waals surface area contributed by atoms with E-state index in [1.54, 1.807) is 6.20 Å². The maximum absolute atomic E-state index is 11.8. The number of hydrogen-bond donors (Lipinski definition) is 2. The molecule has 6 heteroatoms. The third-order valence-corrected chi connectivity index (χ3v) is 5.03. The molecule has 168 valence electrons. The summed E-state index contributed by atoms with van der Waals surface area (Å²) >= 11 is 0. The summed E-state index contributed by atoms with van der Waals surface area (Å²) in [5.74, 6) is 0.580. The standard InChI is InChI=1S/C27H28N4O2/c1-27(2,3)33-26(32)30-18-20-13-11-19(12-14-20)17-29-25-28-16-15-24(31-25)23-10-6-8-21-7-4-5-9-22(21)23/h4-16H,17-18H2,1-3H3,(H,30,32)(H,28,29,31). The van der Waals surface area contributed by atoms with Crippen LogP contribution in [-0.2, 0) is 17.8 Å². The molecule has 1 amide bonds. The molecular weight excluding hydrogens is 412 g/mol. The Bertz CT molecular complexity index is 1240. The molecule has 0 saturated carbocycles. The van der Waals surface area contributed by atoms with Gasteiger partial charge in [-0.05, 0) is 48.7 Å². The lowest BCUT2D eigenvalue weighted by molar-refractivity contribution is 0.0523. The zero-order valence-corrected chi connectivity index (χ0v) is 19.1. The van der Waals surface area contributed by atoms with Crippen LogP contribution in [0, 0.1) is 0 Å². The SMILES string of the molecule is CC(C)(C)OC(=O)NCc1ccc(CNc2nccc(-c3cccc4ccccc34)n2)cc1. The molecule has 3 aromatic carbocycles. The third-order valence-electron chi connectivity index (χ3n) is 5.03. The predicted molar refractivity (Wildman–Crippen MR) is 132 cm³/mol. The highest BCUT2D eigenvalue weighted by Gasteiger charge is 2.15. The molecule has 0 saturated heterocycles. The lowest BCUT2D eigenvalue weighted by Crippen LogP contribution is -2.32. The first-order valence-electron chi connectivity index (χ1n) is 11.0. The van der Waals surface area contributed by atoms with E-state index in [-0.39, 0.29) is 0 Å². The number of nitrogens with one attached hydrogen (secondary N) is 2. The fourth-order valence-electron chi connectivity index (χ4n) is 3.49. The van der Waals surface area contributed by atoms with Gasteiger partial charge in [-0.15, -0.1) is 0 Å². The minimum atomic E-state index is -0.507. The van der Waals surface area contributed by atoms with E-state index >= 15 is 0 Å². The van der Waals surface area contributed by atoms with Crippen LogP contribution in [0.5, 0.6) is 0 Å². The van der Waals surface area contributed by atoms with Crippen molar-refractivity contribution in [3.63, 3.8) is 0 Å². The van der Waals surface area contributed by atoms with Crippen molar-refractivity contribution in [2.24, 2.45) is 0 Å². The van der Waals surface area contributed by atoms with Crippen molar-refractivity contribution in [3.05, 3.63) is 90.1 Å². The molecule has 6 nitrogen and oxygen atoms in total. The van der Waals surface area contributed by atoms with Crippen molar-refractivity contribution < 1.29 is 9.53 Å². The Morgan fingerprint density at radius 2 is 1.58 bits per heavy atom. The topological polar surface area (TPSA) is 76.1 Å². The Morgan fingerprint density at radius 1 is 0.879 bits per heavy atom. The summed E-state index contributed by atoms with van der Waals surface area (Å²) in [6, 6.07) is 24.5. The van der Waals surface area contributed by atoms with Gasteiger partial charge in [-0.25, -0.2) is 14.8 Å². The van der Waals surface area contributed by atoms with Crippen LogP contribution in [0.3, 0.4) is 0 Å². The Balaban J connectivity index is 1.37. The van der Waals surface area contributed by atoms with Gasteiger partial charge in [0.2, 0.25) is 5.95 Å². The largest absolute Gasteiger partial charge is 0.444 e. The second-order valence-corrected chi connectivity index (χ2v) is 8.82. The normalized spacial score (nSPS) is 11.2. The Hall–Kier alpha value is -3.93. The highest BCUT2D eigenvalue weighted by molar-refractivity contribution is 5.95. The van der Waals surface area contributed by atoms with Crippen LogP contribution in [-0.4, -0.2) is 21.7 Å². The number of anilines is 1. The first-order valence-corrected chi connectivity index (χ1v) is 11.0. The van der Waals surface area contributed by atoms with Gasteiger partial charge < -0.3 is 15.4 Å². The second kappa shape index (κ2) is 9.69. The highest BCUT2D eigenvalue weighted by Crippen LogP contribution is 2.27. The van der Waals surface area contributed by atoms with E-state index in [4.69, 9.17) is 9.72 Å². The molecule has 0 aliphatic rings. The van der Waals surface area contributed by atoms with Crippen LogP contribution in [0.2, 0.25) is 0 Å². The number of aromatic nitrogens is 2. The van der Waals surface area contributed by atoms with Crippen LogP contribution in [0.15, 0.2) is 79.0 Å². The number of amides is 1. The van der Waals surface area contributed by atoms with Crippen molar-refractivity contribution in [1.29, 1.82) is 0 Å². The number of carbonyl (C=O) groups is 1. The van der Waals surface area contributed by atoms with Crippen molar-refractivity contribution >= 4 is 22.8 Å². The van der Waals surface area contributed by atoms with Crippen LogP contribution < -0.4 is 10.6 Å². The van der Waals surface area contributed by atoms with Crippen molar-refractivity contribution in [2.45, 2.75) is 39.5 Å². The number of alkyl carbamates (subject to hydrolysis) is 1. The van der Waals surface area contributed by atoms with E-state index in [9.17, 15) is 4.79 Å². The van der Waals surface area contributed by atoms with Gasteiger partial charge >= 0.3 is 6.09 Å². The minimum Gasteiger partial charge on any atom is -0.444 e. The first kappa shape index (κ1) is 22.3. The van der Waals surface area contributed by atoms with Gasteiger partial charge in [-0.3, -0.25) is 0 Å². The van der Waals surface area contributed by atoms with Crippen LogP contribution >= 0.6 is 0 Å². The Kier molecular flexibility index (Phi) is 6.54. The molecule has 4 aromatic rings. The van der Waals surface area contributed by atoms with Crippen molar-refractivity contribution in [1.82, 2.24) is 15.3 Å². The molecule has 4 rings (SSSR count). The number of fused-ring (bicyclic) bond motifs is 1. The monoisotopic (exact) mass is 440 g/mol. The zero-order chi connectivity index (χ0) is 23.3. The van der Waals surface area contributed by atoms with E-state index in [0.717, 1.165) is 22.4 Å². The maximum Gasteiger partial charge on any atom is 0.407 e. The number of carbonyl (C=O) groups excluding carboxylic acids is 1. The first-order chi connectivity index (χ1) is 15.9. The Labute approximate surface area is 194 Å². The molecule has 0 radical (unpaired) electrons. The number of ether oxygens (including phenoxy) is 1. The van der Waals surface area contributed by atoms with Gasteiger partial charge in [0.25, 0.3) is 0 Å². The maximum atomic E-state index is 11.8. The second-order valence-electron chi connectivity index (χ2n) is 8.82. The lowest BCUT2D eigenvalue weighted by Gasteiger charge is -2.19. The van der Waals surface area contributed by atoms with Gasteiger partial charge in [0.1, 0.15) is 5.60 Å². The van der Waals surface area contributed by atoms with Crippen LogP contribution in [0.25, 0.3) is 22.0 Å². The van der Waals surface area contributed by atoms with Gasteiger partial charge in [-0.2, -0.15) is 0 Å². The molecule has 0 unspecified atom stereocenters. The van der Waals surface area contributed by atoms with E-state index < -0.39 is 11.7 Å². The van der Waals surface area contributed by atoms with Gasteiger partial charge in [0, 0.05) is 24.8 Å². The van der Waals surface area contributed by atoms with Gasteiger partial charge in [-0.1, -0.05) is 66.7 Å². The van der Waals surface area contributed by atoms with E-state index in [1.807, 2.05) is 69.3 Å². The number of hydrogen-bond acceptors (Lipinski definition) is 5. The highest BCUT2D eigenvalue weighted by atomic mass is 16.6. The van der Waals surface area contributed by atoms with E-state index in [2.05, 4.69) is 39.9 Å². The average molecular weight is 441 g/mol. The zero-order valence-electron chi connectivity index (χ0n) is 19.1. The summed E-state index contributed by atoms with van der Waals surface area (Å²) in [7, 11) is 0.